The number of amides is 3. The minimum Gasteiger partial charge on any atom is -0.493 e. The van der Waals surface area contributed by atoms with Crippen molar-refractivity contribution in [2.45, 2.75) is 26.5 Å². The average Bonchev–Trinajstić information content (AvgIpc) is 3.00. The van der Waals surface area contributed by atoms with E-state index >= 15 is 0 Å². The maximum absolute atomic E-state index is 12.6. The van der Waals surface area contributed by atoms with Crippen LogP contribution < -0.4 is 30.3 Å². The summed E-state index contributed by atoms with van der Waals surface area (Å²) in [5, 5.41) is 10.4. The van der Waals surface area contributed by atoms with Crippen molar-refractivity contribution in [3.05, 3.63) is 95.5 Å². The molecule has 3 amide bonds. The van der Waals surface area contributed by atoms with E-state index in [1.54, 1.807) is 56.3 Å². The molecule has 15 heteroatoms. The maximum Gasteiger partial charge on any atom is 0.338 e. The molecule has 0 unspecified atom stereocenters. The molecule has 0 aliphatic carbocycles. The molecule has 0 bridgehead atoms. The summed E-state index contributed by atoms with van der Waals surface area (Å²) in [4.78, 5) is 37.4. The van der Waals surface area contributed by atoms with Crippen molar-refractivity contribution in [3.8, 4) is 17.2 Å². The molecule has 11 nitrogen and oxygen atoms in total. The molecule has 1 atom stereocenters. The number of halogens is 4. The molecular weight excluding hydrogens is 771 g/mol. The van der Waals surface area contributed by atoms with Crippen LogP contribution in [0.15, 0.2) is 73.8 Å². The van der Waals surface area contributed by atoms with Gasteiger partial charge < -0.3 is 29.6 Å². The highest BCUT2D eigenvalue weighted by Crippen LogP contribution is 2.35. The predicted octanol–water partition coefficient (Wildman–Crippen LogP) is 6.83. The average molecular weight is 799 g/mol. The smallest absolute Gasteiger partial charge is 0.338 e. The van der Waals surface area contributed by atoms with E-state index in [1.807, 2.05) is 6.07 Å². The highest BCUT2D eigenvalue weighted by molar-refractivity contribution is 9.11. The van der Waals surface area contributed by atoms with E-state index in [0.29, 0.717) is 37.1 Å². The SMILES string of the molecule is CCOC(=O)C1=C(C)NC(=O)N[C@H]1c1ccc(OCC(=O)N/N=C/c2cc(Br)cc(Br)c2OCc2ccc(Cl)cc2Cl)c(OC)c1. The van der Waals surface area contributed by atoms with Gasteiger partial charge in [-0.25, -0.2) is 15.0 Å². The Balaban J connectivity index is 1.42. The third-order valence-corrected chi connectivity index (χ3v) is 8.10. The molecule has 1 heterocycles. The molecule has 1 aliphatic heterocycles. The third kappa shape index (κ3) is 8.93. The van der Waals surface area contributed by atoms with Crippen LogP contribution in [0, 0.1) is 0 Å². The number of methoxy groups -OCH3 is 1. The van der Waals surface area contributed by atoms with E-state index in [4.69, 9.17) is 42.1 Å². The molecule has 3 aromatic carbocycles. The summed E-state index contributed by atoms with van der Waals surface area (Å²) in [6.07, 6.45) is 1.44. The van der Waals surface area contributed by atoms with Crippen LogP contribution in [0.1, 0.15) is 36.6 Å². The van der Waals surface area contributed by atoms with Crippen molar-refractivity contribution in [1.82, 2.24) is 16.1 Å². The van der Waals surface area contributed by atoms with Crippen molar-refractivity contribution in [2.75, 3.05) is 20.3 Å². The van der Waals surface area contributed by atoms with Crippen molar-refractivity contribution in [3.63, 3.8) is 0 Å². The van der Waals surface area contributed by atoms with Crippen LogP contribution in [-0.4, -0.2) is 44.4 Å². The second kappa shape index (κ2) is 16.2. The number of carbonyl (C=O) groups is 3. The van der Waals surface area contributed by atoms with Gasteiger partial charge in [-0.1, -0.05) is 51.3 Å². The summed E-state index contributed by atoms with van der Waals surface area (Å²) in [6.45, 7) is 3.27. The van der Waals surface area contributed by atoms with Crippen LogP contribution >= 0.6 is 55.1 Å². The number of rotatable bonds is 12. The Morgan fingerprint density at radius 3 is 2.57 bits per heavy atom. The Labute approximate surface area is 291 Å². The Hall–Kier alpha value is -3.78. The maximum atomic E-state index is 12.6. The number of benzene rings is 3. The first-order valence-corrected chi connectivity index (χ1v) is 16.0. The number of ether oxygens (including phenoxy) is 4. The van der Waals surface area contributed by atoms with Gasteiger partial charge in [-0.15, -0.1) is 0 Å². The summed E-state index contributed by atoms with van der Waals surface area (Å²) in [6, 6.07) is 12.3. The number of urea groups is 1. The van der Waals surface area contributed by atoms with Gasteiger partial charge in [0.2, 0.25) is 0 Å². The zero-order chi connectivity index (χ0) is 33.4. The monoisotopic (exact) mass is 796 g/mol. The lowest BCUT2D eigenvalue weighted by Gasteiger charge is -2.28. The number of esters is 1. The van der Waals surface area contributed by atoms with Crippen LogP contribution in [0.4, 0.5) is 4.79 Å². The quantitative estimate of drug-likeness (QED) is 0.104. The number of hydrogen-bond acceptors (Lipinski definition) is 8. The summed E-state index contributed by atoms with van der Waals surface area (Å²) < 4.78 is 23.8. The molecule has 4 rings (SSSR count). The van der Waals surface area contributed by atoms with Gasteiger partial charge in [0.1, 0.15) is 12.4 Å². The van der Waals surface area contributed by atoms with E-state index < -0.39 is 23.9 Å². The van der Waals surface area contributed by atoms with Crippen molar-refractivity contribution in [1.29, 1.82) is 0 Å². The Morgan fingerprint density at radius 1 is 1.07 bits per heavy atom. The Morgan fingerprint density at radius 2 is 1.85 bits per heavy atom. The van der Waals surface area contributed by atoms with Gasteiger partial charge in [0.25, 0.3) is 5.91 Å². The first-order chi connectivity index (χ1) is 22.0. The largest absolute Gasteiger partial charge is 0.493 e. The molecule has 3 N–H and O–H groups in total. The van der Waals surface area contributed by atoms with Gasteiger partial charge >= 0.3 is 12.0 Å². The predicted molar refractivity (Wildman–Crippen MR) is 181 cm³/mol. The number of hydrogen-bond donors (Lipinski definition) is 3. The van der Waals surface area contributed by atoms with Gasteiger partial charge in [-0.2, -0.15) is 5.10 Å². The summed E-state index contributed by atoms with van der Waals surface area (Å²) in [5.41, 5.74) is 4.92. The zero-order valence-corrected chi connectivity index (χ0v) is 29.4. The second-order valence-electron chi connectivity index (χ2n) is 9.61. The van der Waals surface area contributed by atoms with Crippen molar-refractivity contribution in [2.24, 2.45) is 5.10 Å². The minimum absolute atomic E-state index is 0.169. The number of nitrogens with zero attached hydrogens (tertiary/aromatic N) is 1. The summed E-state index contributed by atoms with van der Waals surface area (Å²) in [5.74, 6) is -0.0793. The first-order valence-electron chi connectivity index (χ1n) is 13.6. The molecule has 0 saturated heterocycles. The molecule has 0 saturated carbocycles. The van der Waals surface area contributed by atoms with E-state index in [2.05, 4.69) is 53.0 Å². The van der Waals surface area contributed by atoms with Gasteiger partial charge in [0, 0.05) is 31.3 Å². The lowest BCUT2D eigenvalue weighted by Crippen LogP contribution is -2.45. The summed E-state index contributed by atoms with van der Waals surface area (Å²) in [7, 11) is 1.43. The zero-order valence-electron chi connectivity index (χ0n) is 24.7. The van der Waals surface area contributed by atoms with Crippen LogP contribution in [-0.2, 0) is 20.9 Å². The fourth-order valence-corrected chi connectivity index (χ4v) is 6.21. The van der Waals surface area contributed by atoms with E-state index in [9.17, 15) is 14.4 Å². The standard InChI is InChI=1S/C31H28Br2Cl2N4O7/c1-4-44-30(41)27-16(2)37-31(42)38-28(27)17-6-8-24(25(10-17)43-3)45-15-26(40)39-36-13-19-9-20(32)11-22(33)29(19)46-14-18-5-7-21(34)12-23(18)35/h5-13,28H,4,14-15H2,1-3H3,(H,39,40)(H2,37,38,42)/b36-13+/t28-/m0/s1. The van der Waals surface area contributed by atoms with Crippen molar-refractivity contribution >= 4 is 79.2 Å². The third-order valence-electron chi connectivity index (χ3n) is 6.46. The van der Waals surface area contributed by atoms with E-state index in [-0.39, 0.29) is 36.9 Å². The molecule has 0 radical (unpaired) electrons. The number of allylic oxidation sites excluding steroid dienone is 1. The number of nitrogens with one attached hydrogen (secondary N) is 3. The molecule has 0 spiro atoms. The van der Waals surface area contributed by atoms with Crippen LogP contribution in [0.2, 0.25) is 10.0 Å². The Bertz CT molecular complexity index is 1720. The van der Waals surface area contributed by atoms with Gasteiger partial charge in [0.05, 0.1) is 36.0 Å². The highest BCUT2D eigenvalue weighted by Gasteiger charge is 2.32. The van der Waals surface area contributed by atoms with Crippen LogP contribution in [0.25, 0.3) is 0 Å². The molecule has 242 valence electrons. The number of carbonyl (C=O) groups excluding carboxylic acids is 3. The first kappa shape index (κ1) is 35.1. The fraction of sp³-hybridized carbons (Fsp3) is 0.226. The molecule has 0 fully saturated rings. The molecule has 0 aromatic heterocycles. The minimum atomic E-state index is -0.788. The van der Waals surface area contributed by atoms with Gasteiger partial charge in [-0.3, -0.25) is 4.79 Å². The van der Waals surface area contributed by atoms with Crippen molar-refractivity contribution < 1.29 is 33.3 Å². The molecule has 3 aromatic rings. The molecule has 46 heavy (non-hydrogen) atoms. The second-order valence-corrected chi connectivity index (χ2v) is 12.2. The Kier molecular flexibility index (Phi) is 12.3. The van der Waals surface area contributed by atoms with Crippen LogP contribution in [0.5, 0.6) is 17.2 Å². The lowest BCUT2D eigenvalue weighted by molar-refractivity contribution is -0.139. The lowest BCUT2D eigenvalue weighted by atomic mass is 9.95. The van der Waals surface area contributed by atoms with Crippen LogP contribution in [0.3, 0.4) is 0 Å². The van der Waals surface area contributed by atoms with Gasteiger partial charge in [-0.05, 0) is 71.7 Å². The fourth-order valence-electron chi connectivity index (χ4n) is 4.37. The van der Waals surface area contributed by atoms with Gasteiger partial charge in [0.15, 0.2) is 18.1 Å². The summed E-state index contributed by atoms with van der Waals surface area (Å²) >= 11 is 19.2. The molecular formula is C31H28Br2Cl2N4O7. The normalized spacial score (nSPS) is 14.4. The topological polar surface area (TPSA) is 137 Å². The molecule has 1 aliphatic rings. The highest BCUT2D eigenvalue weighted by atomic mass is 79.9. The van der Waals surface area contributed by atoms with E-state index in [1.165, 1.54) is 13.3 Å². The number of hydrazone groups is 1. The van der Waals surface area contributed by atoms with E-state index in [0.717, 1.165) is 10.0 Å².